The first kappa shape index (κ1) is 47.2. The maximum Gasteiger partial charge on any atom is 0.202 e. The van der Waals surface area contributed by atoms with Crippen LogP contribution in [-0.4, -0.2) is 19.1 Å². The fourth-order valence-electron chi connectivity index (χ4n) is 14.4. The summed E-state index contributed by atoms with van der Waals surface area (Å²) in [7, 11) is 0. The van der Waals surface area contributed by atoms with Crippen molar-refractivity contribution in [3.05, 3.63) is 254 Å². The molecule has 0 bridgehead atoms. The first-order valence-electron chi connectivity index (χ1n) is 29.1. The molecule has 2 N–H and O–H groups in total. The molecular formula is C76H44N6OS3. The number of nitrogens with one attached hydrogen (secondary N) is 2. The van der Waals surface area contributed by atoms with Crippen LogP contribution in [-0.2, 0) is 0 Å². The van der Waals surface area contributed by atoms with Gasteiger partial charge in [-0.3, -0.25) is 9.88 Å². The van der Waals surface area contributed by atoms with E-state index in [1.165, 1.54) is 66.6 Å². The maximum absolute atomic E-state index is 7.43. The molecule has 7 nitrogen and oxygen atoms in total. The van der Waals surface area contributed by atoms with Crippen molar-refractivity contribution >= 4 is 177 Å². The molecule has 2 unspecified atom stereocenters. The van der Waals surface area contributed by atoms with Gasteiger partial charge >= 0.3 is 0 Å². The summed E-state index contributed by atoms with van der Waals surface area (Å²) >= 11 is 5.40. The minimum absolute atomic E-state index is 0.282. The van der Waals surface area contributed by atoms with Gasteiger partial charge in [0.15, 0.2) is 11.6 Å². The van der Waals surface area contributed by atoms with Crippen LogP contribution in [0.3, 0.4) is 0 Å². The lowest BCUT2D eigenvalue weighted by Crippen LogP contribution is -2.39. The van der Waals surface area contributed by atoms with Gasteiger partial charge in [0.25, 0.3) is 0 Å². The minimum atomic E-state index is -0.319. The normalized spacial score (nSPS) is 14.8. The average molecular weight is 1150 g/mol. The standard InChI is InChI=1S/C76H44N6OS3/c1-2-16-42-36-61-57(35-41(42)15-1)47-18-3-8-26-59(47)81(61)73-68-55-25-14-24-53(70(55)83-75(68)79-71(77-73)44-31-33-51-49-20-5-10-28-63(49)84-66(51)38-44)46-23-13-17-43-37-62-58(40-56(43)46)48-19-4-9-27-60(48)82(62)74-69-54-22-7-12-30-65(54)86-76(69)80-72(78-74)45-32-34-52-50-21-6-11-29-64(50)85-67(52)39-45/h1-40,71,73,77,79H. The van der Waals surface area contributed by atoms with E-state index in [4.69, 9.17) is 14.4 Å². The predicted octanol–water partition coefficient (Wildman–Crippen LogP) is 21.4. The molecule has 0 radical (unpaired) electrons. The molecule has 1 aliphatic heterocycles. The number of anilines is 1. The Morgan fingerprint density at radius 2 is 0.988 bits per heavy atom. The Morgan fingerprint density at radius 1 is 0.395 bits per heavy atom. The number of furan rings is 1. The van der Waals surface area contributed by atoms with Gasteiger partial charge in [-0.25, -0.2) is 9.97 Å². The number of aromatic nitrogens is 4. The van der Waals surface area contributed by atoms with Crippen LogP contribution in [0, 0.1) is 0 Å². The first-order valence-corrected chi connectivity index (χ1v) is 31.5. The fourth-order valence-corrected chi connectivity index (χ4v) is 17.7. The molecule has 0 amide bonds. The molecule has 0 saturated heterocycles. The van der Waals surface area contributed by atoms with E-state index >= 15 is 0 Å². The number of para-hydroxylation sites is 3. The Hall–Kier alpha value is -10.2. The van der Waals surface area contributed by atoms with Gasteiger partial charge < -0.3 is 14.3 Å². The highest BCUT2D eigenvalue weighted by Gasteiger charge is 2.36. The summed E-state index contributed by atoms with van der Waals surface area (Å²) in [6.45, 7) is 0. The van der Waals surface area contributed by atoms with E-state index in [0.29, 0.717) is 5.82 Å². The molecule has 0 fully saturated rings. The number of thiophene rings is 3. The van der Waals surface area contributed by atoms with Gasteiger partial charge in [0.2, 0.25) is 5.88 Å². The third-order valence-electron chi connectivity index (χ3n) is 18.2. The fraction of sp³-hybridized carbons (Fsp3) is 0.0263. The van der Waals surface area contributed by atoms with Gasteiger partial charge in [0.05, 0.1) is 33.0 Å². The van der Waals surface area contributed by atoms with Crippen molar-refractivity contribution in [3.8, 4) is 28.3 Å². The average Bonchev–Trinajstić information content (AvgIpc) is 2.36. The Labute approximate surface area is 501 Å². The highest BCUT2D eigenvalue weighted by Crippen LogP contribution is 2.50. The van der Waals surface area contributed by atoms with Crippen molar-refractivity contribution in [1.82, 2.24) is 24.4 Å². The molecule has 86 heavy (non-hydrogen) atoms. The van der Waals surface area contributed by atoms with Gasteiger partial charge in [-0.05, 0) is 99.4 Å². The molecule has 402 valence electrons. The van der Waals surface area contributed by atoms with Crippen LogP contribution in [0.4, 0.5) is 5.88 Å². The van der Waals surface area contributed by atoms with E-state index in [0.717, 1.165) is 110 Å². The summed E-state index contributed by atoms with van der Waals surface area (Å²) in [5.74, 6) is 2.35. The molecule has 10 heteroatoms. The minimum Gasteiger partial charge on any atom is -0.440 e. The van der Waals surface area contributed by atoms with Gasteiger partial charge in [-0.15, -0.1) is 34.0 Å². The van der Waals surface area contributed by atoms with Crippen LogP contribution in [0.15, 0.2) is 247 Å². The number of hydrogen-bond donors (Lipinski definition) is 2. The van der Waals surface area contributed by atoms with Crippen molar-refractivity contribution in [3.63, 3.8) is 0 Å². The van der Waals surface area contributed by atoms with Crippen LogP contribution >= 0.6 is 34.0 Å². The summed E-state index contributed by atoms with van der Waals surface area (Å²) in [6, 6.07) is 89.0. The van der Waals surface area contributed by atoms with E-state index in [2.05, 4.69) is 262 Å². The summed E-state index contributed by atoms with van der Waals surface area (Å²) in [5, 5.41) is 25.9. The number of fused-ring (bicyclic) bond motifs is 20. The molecule has 8 heterocycles. The van der Waals surface area contributed by atoms with Crippen LogP contribution in [0.1, 0.15) is 23.5 Å². The van der Waals surface area contributed by atoms with Crippen LogP contribution in [0.2, 0.25) is 0 Å². The quantitative estimate of drug-likeness (QED) is 0.180. The van der Waals surface area contributed by atoms with Crippen LogP contribution in [0.5, 0.6) is 0 Å². The third-order valence-corrected chi connectivity index (χ3v) is 21.6. The molecule has 2 atom stereocenters. The van der Waals surface area contributed by atoms with Gasteiger partial charge in [-0.2, -0.15) is 0 Å². The molecule has 12 aromatic carbocycles. The van der Waals surface area contributed by atoms with Crippen molar-refractivity contribution in [2.24, 2.45) is 0 Å². The lowest BCUT2D eigenvalue weighted by Gasteiger charge is -2.34. The van der Waals surface area contributed by atoms with Gasteiger partial charge in [0, 0.05) is 88.5 Å². The topological polar surface area (TPSA) is 72.8 Å². The number of rotatable bonds is 5. The largest absolute Gasteiger partial charge is 0.440 e. The molecule has 0 aliphatic carbocycles. The van der Waals surface area contributed by atoms with E-state index in [-0.39, 0.29) is 12.3 Å². The zero-order valence-corrected chi connectivity index (χ0v) is 48.1. The van der Waals surface area contributed by atoms with E-state index in [1.54, 1.807) is 11.3 Å². The van der Waals surface area contributed by atoms with Gasteiger partial charge in [-0.1, -0.05) is 176 Å². The molecule has 20 rings (SSSR count). The van der Waals surface area contributed by atoms with E-state index < -0.39 is 0 Å². The van der Waals surface area contributed by atoms with Crippen LogP contribution < -0.4 is 10.6 Å². The SMILES string of the molecule is c1ccc2cc3c(cc2c1)c1ccccc1n3C1NC(c2ccc3c(c2)sc2ccccc23)Nc2oc3c(-c4cccc5cc6c(cc45)c4ccccc4n6-c4nc(-c5ccc6c(c5)sc5ccccc56)nc5sc6ccccc6c45)cccc3c21. The summed E-state index contributed by atoms with van der Waals surface area (Å²) < 4.78 is 18.6. The number of benzene rings is 12. The summed E-state index contributed by atoms with van der Waals surface area (Å²) in [5.41, 5.74) is 10.7. The van der Waals surface area contributed by atoms with Crippen molar-refractivity contribution in [1.29, 1.82) is 0 Å². The second kappa shape index (κ2) is 17.7. The maximum atomic E-state index is 7.43. The lowest BCUT2D eigenvalue weighted by atomic mass is 9.94. The smallest absolute Gasteiger partial charge is 0.202 e. The summed E-state index contributed by atoms with van der Waals surface area (Å²) in [6.07, 6.45) is -0.601. The molecular weight excluding hydrogens is 1110 g/mol. The van der Waals surface area contributed by atoms with Crippen molar-refractivity contribution < 1.29 is 4.42 Å². The third kappa shape index (κ3) is 6.69. The van der Waals surface area contributed by atoms with E-state index in [1.807, 2.05) is 22.7 Å². The second-order valence-corrected chi connectivity index (χ2v) is 26.0. The Morgan fingerprint density at radius 3 is 1.79 bits per heavy atom. The number of hydrogen-bond acceptors (Lipinski definition) is 8. The molecule has 0 saturated carbocycles. The molecule has 1 aliphatic rings. The molecule has 7 aromatic heterocycles. The highest BCUT2D eigenvalue weighted by atomic mass is 32.1. The second-order valence-electron chi connectivity index (χ2n) is 22.8. The molecule has 0 spiro atoms. The van der Waals surface area contributed by atoms with Gasteiger partial charge in [0.1, 0.15) is 22.7 Å². The number of nitrogens with zero attached hydrogens (tertiary/aromatic N) is 4. The van der Waals surface area contributed by atoms with Crippen LogP contribution in [0.25, 0.3) is 165 Å². The monoisotopic (exact) mass is 1150 g/mol. The zero-order valence-electron chi connectivity index (χ0n) is 45.7. The van der Waals surface area contributed by atoms with E-state index in [9.17, 15) is 0 Å². The lowest BCUT2D eigenvalue weighted by molar-refractivity contribution is 0.409. The summed E-state index contributed by atoms with van der Waals surface area (Å²) in [4.78, 5) is 12.0. The Kier molecular flexibility index (Phi) is 9.70. The Bertz CT molecular complexity index is 6150. The molecule has 19 aromatic rings. The zero-order chi connectivity index (χ0) is 55.9. The van der Waals surface area contributed by atoms with Crippen molar-refractivity contribution in [2.45, 2.75) is 12.3 Å². The predicted molar refractivity (Wildman–Crippen MR) is 364 cm³/mol. The Balaban J connectivity index is 0.792. The first-order chi connectivity index (χ1) is 42.6. The van der Waals surface area contributed by atoms with Crippen molar-refractivity contribution in [2.75, 3.05) is 5.32 Å². The highest BCUT2D eigenvalue weighted by molar-refractivity contribution is 7.26.